The van der Waals surface area contributed by atoms with Crippen LogP contribution >= 0.6 is 0 Å². The number of hydrogen-bond acceptors (Lipinski definition) is 5. The van der Waals surface area contributed by atoms with Gasteiger partial charge in [0.2, 0.25) is 11.8 Å². The van der Waals surface area contributed by atoms with Crippen molar-refractivity contribution in [2.45, 2.75) is 69.4 Å². The Hall–Kier alpha value is -3.58. The topological polar surface area (TPSA) is 101 Å². The number of nitrogens with zero attached hydrogens (tertiary/aromatic N) is 3. The first-order chi connectivity index (χ1) is 18.9. The van der Waals surface area contributed by atoms with Crippen LogP contribution in [-0.4, -0.2) is 40.0 Å². The van der Waals surface area contributed by atoms with Gasteiger partial charge in [-0.05, 0) is 74.5 Å². The number of carbonyl (C=O) groups is 2. The number of carbonyl (C=O) groups excluding carboxylic acids is 2. The summed E-state index contributed by atoms with van der Waals surface area (Å²) in [5.74, 6) is 1.30. The minimum Gasteiger partial charge on any atom is -0.343 e. The first-order valence-electron chi connectivity index (χ1n) is 14.3. The van der Waals surface area contributed by atoms with Crippen LogP contribution in [0.2, 0.25) is 0 Å². The van der Waals surface area contributed by atoms with Crippen LogP contribution in [0.15, 0.2) is 60.7 Å². The lowest BCUT2D eigenvalue weighted by Crippen LogP contribution is -2.40. The van der Waals surface area contributed by atoms with E-state index in [1.165, 1.54) is 0 Å². The molecule has 3 fully saturated rings. The summed E-state index contributed by atoms with van der Waals surface area (Å²) in [4.78, 5) is 27.4. The summed E-state index contributed by atoms with van der Waals surface area (Å²) < 4.78 is 0. The molecule has 2 aromatic carbocycles. The molecule has 0 radical (unpaired) electrons. The number of nitrogens with one attached hydrogen (secondary N) is 1. The Morgan fingerprint density at radius 1 is 0.923 bits per heavy atom. The third-order valence-electron chi connectivity index (χ3n) is 8.78. The van der Waals surface area contributed by atoms with Crippen molar-refractivity contribution in [3.63, 3.8) is 0 Å². The lowest BCUT2D eigenvalue weighted by molar-refractivity contribution is -0.134. The van der Waals surface area contributed by atoms with E-state index in [0.29, 0.717) is 30.1 Å². The number of amides is 2. The van der Waals surface area contributed by atoms with Gasteiger partial charge >= 0.3 is 0 Å². The third kappa shape index (κ3) is 5.74. The Bertz CT molecular complexity index is 1340. The van der Waals surface area contributed by atoms with E-state index < -0.39 is 0 Å². The first kappa shape index (κ1) is 25.7. The van der Waals surface area contributed by atoms with Crippen molar-refractivity contribution in [2.75, 3.05) is 12.4 Å². The minimum absolute atomic E-state index is 0.0380. The number of rotatable bonds is 8. The van der Waals surface area contributed by atoms with Crippen molar-refractivity contribution in [2.24, 2.45) is 17.6 Å². The van der Waals surface area contributed by atoms with Crippen molar-refractivity contribution < 1.29 is 9.59 Å². The Balaban J connectivity index is 1.13. The highest BCUT2D eigenvalue weighted by Crippen LogP contribution is 2.43. The van der Waals surface area contributed by atoms with Gasteiger partial charge in [0.1, 0.15) is 5.69 Å². The van der Waals surface area contributed by atoms with Gasteiger partial charge in [0.25, 0.3) is 0 Å². The fourth-order valence-electron chi connectivity index (χ4n) is 5.88. The predicted molar refractivity (Wildman–Crippen MR) is 152 cm³/mol. The highest BCUT2D eigenvalue weighted by Gasteiger charge is 2.40. The minimum atomic E-state index is -0.177. The maximum absolute atomic E-state index is 13.0. The van der Waals surface area contributed by atoms with E-state index in [-0.39, 0.29) is 17.4 Å². The Morgan fingerprint density at radius 3 is 2.26 bits per heavy atom. The quantitative estimate of drug-likeness (QED) is 0.405. The number of anilines is 1. The second kappa shape index (κ2) is 10.5. The number of aromatic nitrogens is 2. The zero-order valence-electron chi connectivity index (χ0n) is 22.6. The van der Waals surface area contributed by atoms with Crippen LogP contribution in [0.5, 0.6) is 0 Å². The molecular weight excluding hydrogens is 486 g/mol. The van der Waals surface area contributed by atoms with Crippen LogP contribution in [0.25, 0.3) is 22.4 Å². The molecule has 7 nitrogen and oxygen atoms in total. The zero-order valence-corrected chi connectivity index (χ0v) is 22.6. The molecule has 1 heterocycles. The second-order valence-electron chi connectivity index (χ2n) is 11.7. The SMILES string of the molecule is CN(C(=O)C1CC1)C1CCC(CC(=O)Nc2cc(-c3ccccc3)c(-c3ccc(C4(N)CC4)cc3)nn2)CC1. The van der Waals surface area contributed by atoms with Crippen LogP contribution in [0.3, 0.4) is 0 Å². The average molecular weight is 524 g/mol. The van der Waals surface area contributed by atoms with E-state index in [9.17, 15) is 9.59 Å². The summed E-state index contributed by atoms with van der Waals surface area (Å²) in [6.07, 6.45) is 8.42. The molecule has 0 aliphatic heterocycles. The fourth-order valence-corrected chi connectivity index (χ4v) is 5.88. The van der Waals surface area contributed by atoms with Crippen LogP contribution < -0.4 is 11.1 Å². The maximum atomic E-state index is 13.0. The van der Waals surface area contributed by atoms with Gasteiger partial charge in [-0.15, -0.1) is 10.2 Å². The molecule has 2 amide bonds. The highest BCUT2D eigenvalue weighted by atomic mass is 16.2. The van der Waals surface area contributed by atoms with Crippen molar-refractivity contribution >= 4 is 17.6 Å². The molecular formula is C32H37N5O2. The molecule has 3 aromatic rings. The Kier molecular flexibility index (Phi) is 6.94. The van der Waals surface area contributed by atoms with Gasteiger partial charge in [0, 0.05) is 42.1 Å². The summed E-state index contributed by atoms with van der Waals surface area (Å²) >= 11 is 0. The summed E-state index contributed by atoms with van der Waals surface area (Å²) in [5, 5.41) is 11.9. The van der Waals surface area contributed by atoms with E-state index >= 15 is 0 Å². The van der Waals surface area contributed by atoms with Gasteiger partial charge in [-0.3, -0.25) is 9.59 Å². The lowest BCUT2D eigenvalue weighted by Gasteiger charge is -2.34. The molecule has 202 valence electrons. The van der Waals surface area contributed by atoms with Gasteiger partial charge in [0.05, 0.1) is 0 Å². The van der Waals surface area contributed by atoms with E-state index in [2.05, 4.69) is 39.8 Å². The van der Waals surface area contributed by atoms with E-state index in [0.717, 1.165) is 79.3 Å². The lowest BCUT2D eigenvalue weighted by atomic mass is 9.83. The maximum Gasteiger partial charge on any atom is 0.225 e. The molecule has 39 heavy (non-hydrogen) atoms. The molecule has 0 bridgehead atoms. The average Bonchev–Trinajstić information content (AvgIpc) is 3.91. The summed E-state index contributed by atoms with van der Waals surface area (Å²) in [6.45, 7) is 0. The predicted octanol–water partition coefficient (Wildman–Crippen LogP) is 5.51. The number of nitrogens with two attached hydrogens (primary N) is 1. The molecule has 0 unspecified atom stereocenters. The van der Waals surface area contributed by atoms with Gasteiger partial charge in [-0.25, -0.2) is 0 Å². The second-order valence-corrected chi connectivity index (χ2v) is 11.7. The van der Waals surface area contributed by atoms with Crippen molar-refractivity contribution in [1.82, 2.24) is 15.1 Å². The summed E-state index contributed by atoms with van der Waals surface area (Å²) in [6, 6.07) is 20.6. The van der Waals surface area contributed by atoms with Crippen LogP contribution in [0.4, 0.5) is 5.82 Å². The molecule has 0 spiro atoms. The van der Waals surface area contributed by atoms with Gasteiger partial charge in [-0.2, -0.15) is 0 Å². The number of hydrogen-bond donors (Lipinski definition) is 2. The number of benzene rings is 2. The van der Waals surface area contributed by atoms with Gasteiger partial charge in [-0.1, -0.05) is 54.6 Å². The van der Waals surface area contributed by atoms with Crippen molar-refractivity contribution in [3.05, 3.63) is 66.2 Å². The fraction of sp³-hybridized carbons (Fsp3) is 0.438. The highest BCUT2D eigenvalue weighted by molar-refractivity contribution is 5.91. The monoisotopic (exact) mass is 523 g/mol. The molecule has 1 aromatic heterocycles. The van der Waals surface area contributed by atoms with Gasteiger partial charge in [0.15, 0.2) is 5.82 Å². The van der Waals surface area contributed by atoms with E-state index in [1.54, 1.807) is 0 Å². The molecule has 3 N–H and O–H groups in total. The smallest absolute Gasteiger partial charge is 0.225 e. The molecule has 7 heteroatoms. The molecule has 3 aliphatic carbocycles. The molecule has 6 rings (SSSR count). The zero-order chi connectivity index (χ0) is 27.0. The molecule has 0 atom stereocenters. The van der Waals surface area contributed by atoms with E-state index in [1.807, 2.05) is 48.3 Å². The van der Waals surface area contributed by atoms with Crippen LogP contribution in [0, 0.1) is 11.8 Å². The molecule has 3 aliphatic rings. The van der Waals surface area contributed by atoms with E-state index in [4.69, 9.17) is 5.73 Å². The third-order valence-corrected chi connectivity index (χ3v) is 8.78. The largest absolute Gasteiger partial charge is 0.343 e. The van der Waals surface area contributed by atoms with Crippen molar-refractivity contribution in [1.29, 1.82) is 0 Å². The first-order valence-corrected chi connectivity index (χ1v) is 14.3. The van der Waals surface area contributed by atoms with Crippen LogP contribution in [0.1, 0.15) is 63.4 Å². The Morgan fingerprint density at radius 2 is 1.62 bits per heavy atom. The summed E-state index contributed by atoms with van der Waals surface area (Å²) in [7, 11) is 1.95. The molecule has 0 saturated heterocycles. The Labute approximate surface area is 230 Å². The van der Waals surface area contributed by atoms with Crippen molar-refractivity contribution in [3.8, 4) is 22.4 Å². The molecule has 3 saturated carbocycles. The normalized spacial score (nSPS) is 21.7. The standard InChI is InChI=1S/C32H37N5O2/c1-37(31(39)24-9-10-24)26-15-7-21(8-16-26)19-29(38)34-28-20-27(22-5-3-2-4-6-22)30(36-35-28)23-11-13-25(14-12-23)32(33)17-18-32/h2-6,11-14,20-21,24,26H,7-10,15-19,33H2,1H3,(H,34,35,38). The summed E-state index contributed by atoms with van der Waals surface area (Å²) in [5.41, 5.74) is 11.0. The van der Waals surface area contributed by atoms with Gasteiger partial charge < -0.3 is 16.0 Å². The van der Waals surface area contributed by atoms with Crippen LogP contribution in [-0.2, 0) is 15.1 Å².